The number of nitrogen functional groups attached to an aromatic ring is 1. The summed E-state index contributed by atoms with van der Waals surface area (Å²) in [6, 6.07) is 2.78. The minimum Gasteiger partial charge on any atom is -0.397 e. The van der Waals surface area contributed by atoms with Crippen molar-refractivity contribution in [1.82, 2.24) is 0 Å². The summed E-state index contributed by atoms with van der Waals surface area (Å²) in [5.74, 6) is -0.206. The Hall–Kier alpha value is -1.76. The molecule has 1 atom stereocenters. The average Bonchev–Trinajstić information content (AvgIpc) is 2.36. The zero-order valence-corrected chi connectivity index (χ0v) is 12.1. The number of halogens is 3. The molecule has 1 aromatic rings. The molecular weight excluding hydrogens is 285 g/mol. The van der Waals surface area contributed by atoms with Crippen molar-refractivity contribution in [3.63, 3.8) is 0 Å². The van der Waals surface area contributed by atoms with Gasteiger partial charge in [-0.05, 0) is 31.0 Å². The van der Waals surface area contributed by atoms with Crippen LogP contribution in [0.5, 0.6) is 0 Å². The number of hydrogen-bond donors (Lipinski definition) is 2. The van der Waals surface area contributed by atoms with E-state index in [1.807, 2.05) is 20.8 Å². The molecule has 0 fully saturated rings. The maximum atomic E-state index is 12.5. The third-order valence-corrected chi connectivity index (χ3v) is 3.07. The Balaban J connectivity index is 2.65. The van der Waals surface area contributed by atoms with Gasteiger partial charge >= 0.3 is 6.18 Å². The monoisotopic (exact) mass is 304 g/mol. The molecule has 3 N–H and O–H groups in total. The number of amides is 1. The van der Waals surface area contributed by atoms with E-state index in [2.05, 4.69) is 5.32 Å². The number of hydrogen-bond acceptors (Lipinski definition) is 3. The van der Waals surface area contributed by atoms with Gasteiger partial charge in [-0.2, -0.15) is 13.2 Å². The number of alkyl halides is 3. The summed E-state index contributed by atoms with van der Waals surface area (Å²) < 4.78 is 42.8. The van der Waals surface area contributed by atoms with Crippen molar-refractivity contribution in [3.05, 3.63) is 23.8 Å². The molecule has 4 nitrogen and oxygen atoms in total. The van der Waals surface area contributed by atoms with Gasteiger partial charge in [-0.15, -0.1) is 0 Å². The first-order valence-electron chi connectivity index (χ1n) is 6.49. The molecule has 0 heterocycles. The van der Waals surface area contributed by atoms with Gasteiger partial charge < -0.3 is 15.8 Å². The largest absolute Gasteiger partial charge is 0.416 e. The van der Waals surface area contributed by atoms with Crippen LogP contribution in [0.2, 0.25) is 0 Å². The number of rotatable bonds is 5. The summed E-state index contributed by atoms with van der Waals surface area (Å²) >= 11 is 0. The van der Waals surface area contributed by atoms with Gasteiger partial charge in [-0.25, -0.2) is 0 Å². The van der Waals surface area contributed by atoms with E-state index in [0.29, 0.717) is 0 Å². The first-order valence-corrected chi connectivity index (χ1v) is 6.49. The van der Waals surface area contributed by atoms with Crippen LogP contribution in [0.15, 0.2) is 18.2 Å². The van der Waals surface area contributed by atoms with Gasteiger partial charge in [0.05, 0.1) is 23.0 Å². The molecule has 1 aromatic carbocycles. The van der Waals surface area contributed by atoms with Gasteiger partial charge in [0.1, 0.15) is 6.61 Å². The average molecular weight is 304 g/mol. The van der Waals surface area contributed by atoms with Crippen LogP contribution in [0.4, 0.5) is 24.5 Å². The lowest BCUT2D eigenvalue weighted by Crippen LogP contribution is -2.24. The first kappa shape index (κ1) is 17.3. The van der Waals surface area contributed by atoms with Crippen molar-refractivity contribution >= 4 is 17.3 Å². The van der Waals surface area contributed by atoms with Crippen LogP contribution in [0.3, 0.4) is 0 Å². The van der Waals surface area contributed by atoms with Crippen molar-refractivity contribution in [1.29, 1.82) is 0 Å². The van der Waals surface area contributed by atoms with E-state index < -0.39 is 17.6 Å². The van der Waals surface area contributed by atoms with Gasteiger partial charge in [0.25, 0.3) is 0 Å². The third-order valence-electron chi connectivity index (χ3n) is 3.07. The molecule has 0 saturated carbocycles. The summed E-state index contributed by atoms with van der Waals surface area (Å²) in [5, 5.41) is 2.43. The second-order valence-electron chi connectivity index (χ2n) is 5.11. The Morgan fingerprint density at radius 3 is 2.43 bits per heavy atom. The highest BCUT2D eigenvalue weighted by Crippen LogP contribution is 2.32. The second kappa shape index (κ2) is 6.80. The number of benzene rings is 1. The molecule has 0 aliphatic rings. The molecule has 0 aliphatic heterocycles. The fraction of sp³-hybridized carbons (Fsp3) is 0.500. The van der Waals surface area contributed by atoms with Crippen molar-refractivity contribution in [2.75, 3.05) is 17.7 Å². The molecule has 1 amide bonds. The molecule has 21 heavy (non-hydrogen) atoms. The van der Waals surface area contributed by atoms with E-state index in [-0.39, 0.29) is 30.0 Å². The molecule has 7 heteroatoms. The van der Waals surface area contributed by atoms with E-state index in [9.17, 15) is 18.0 Å². The van der Waals surface area contributed by atoms with Crippen LogP contribution in [0.25, 0.3) is 0 Å². The Labute approximate surface area is 121 Å². The van der Waals surface area contributed by atoms with Crippen LogP contribution in [-0.4, -0.2) is 18.6 Å². The highest BCUT2D eigenvalue weighted by atomic mass is 19.4. The summed E-state index contributed by atoms with van der Waals surface area (Å²) in [4.78, 5) is 11.7. The molecular formula is C14H19F3N2O2. The van der Waals surface area contributed by atoms with Gasteiger partial charge in [-0.3, -0.25) is 4.79 Å². The standard InChI is InChI=1S/C14H19F3N2O2/c1-8(2)9(3)21-7-13(20)19-12-5-4-10(6-11(12)18)14(15,16)17/h4-6,8-9H,7,18H2,1-3H3,(H,19,20). The minimum absolute atomic E-state index is 0.0966. The van der Waals surface area contributed by atoms with Crippen molar-refractivity contribution in [3.8, 4) is 0 Å². The zero-order chi connectivity index (χ0) is 16.2. The predicted molar refractivity (Wildman–Crippen MR) is 74.7 cm³/mol. The minimum atomic E-state index is -4.47. The summed E-state index contributed by atoms with van der Waals surface area (Å²) in [6.07, 6.45) is -4.56. The van der Waals surface area contributed by atoms with Crippen molar-refractivity contribution < 1.29 is 22.7 Å². The zero-order valence-electron chi connectivity index (χ0n) is 12.1. The van der Waals surface area contributed by atoms with Crippen LogP contribution < -0.4 is 11.1 Å². The fourth-order valence-electron chi connectivity index (χ4n) is 1.44. The van der Waals surface area contributed by atoms with Gasteiger partial charge in [-0.1, -0.05) is 13.8 Å². The maximum absolute atomic E-state index is 12.5. The van der Waals surface area contributed by atoms with E-state index in [1.165, 1.54) is 0 Å². The Bertz CT molecular complexity index is 501. The number of carbonyl (C=O) groups is 1. The van der Waals surface area contributed by atoms with E-state index in [0.717, 1.165) is 18.2 Å². The number of carbonyl (C=O) groups excluding carboxylic acids is 1. The highest BCUT2D eigenvalue weighted by molar-refractivity contribution is 5.94. The number of nitrogens with one attached hydrogen (secondary N) is 1. The molecule has 0 bridgehead atoms. The lowest BCUT2D eigenvalue weighted by Gasteiger charge is -2.16. The molecule has 0 aliphatic carbocycles. The second-order valence-corrected chi connectivity index (χ2v) is 5.11. The Morgan fingerprint density at radius 2 is 1.95 bits per heavy atom. The highest BCUT2D eigenvalue weighted by Gasteiger charge is 2.30. The molecule has 118 valence electrons. The summed E-state index contributed by atoms with van der Waals surface area (Å²) in [7, 11) is 0. The Morgan fingerprint density at radius 1 is 1.33 bits per heavy atom. The molecule has 0 saturated heterocycles. The topological polar surface area (TPSA) is 64.3 Å². The SMILES string of the molecule is CC(C)C(C)OCC(=O)Nc1ccc(C(F)(F)F)cc1N. The smallest absolute Gasteiger partial charge is 0.397 e. The fourth-order valence-corrected chi connectivity index (χ4v) is 1.44. The lowest BCUT2D eigenvalue weighted by molar-refractivity contribution is -0.137. The van der Waals surface area contributed by atoms with E-state index >= 15 is 0 Å². The quantitative estimate of drug-likeness (QED) is 0.820. The van der Waals surface area contributed by atoms with Crippen LogP contribution >= 0.6 is 0 Å². The predicted octanol–water partition coefficient (Wildman–Crippen LogP) is 3.29. The maximum Gasteiger partial charge on any atom is 0.416 e. The summed E-state index contributed by atoms with van der Waals surface area (Å²) in [6.45, 7) is 5.57. The molecule has 1 rings (SSSR count). The lowest BCUT2D eigenvalue weighted by atomic mass is 10.1. The van der Waals surface area contributed by atoms with Gasteiger partial charge in [0, 0.05) is 0 Å². The number of ether oxygens (including phenoxy) is 1. The molecule has 0 aromatic heterocycles. The normalized spacial score (nSPS) is 13.3. The van der Waals surface area contributed by atoms with Gasteiger partial charge in [0.2, 0.25) is 5.91 Å². The van der Waals surface area contributed by atoms with E-state index in [4.69, 9.17) is 10.5 Å². The molecule has 1 unspecified atom stereocenters. The van der Waals surface area contributed by atoms with Crippen LogP contribution in [-0.2, 0) is 15.7 Å². The Kier molecular flexibility index (Phi) is 5.60. The first-order chi connectivity index (χ1) is 9.61. The number of nitrogens with two attached hydrogens (primary N) is 1. The van der Waals surface area contributed by atoms with Crippen molar-refractivity contribution in [2.24, 2.45) is 5.92 Å². The number of anilines is 2. The third kappa shape index (κ3) is 5.26. The van der Waals surface area contributed by atoms with Crippen LogP contribution in [0.1, 0.15) is 26.3 Å². The summed E-state index contributed by atoms with van der Waals surface area (Å²) in [5.41, 5.74) is 4.65. The van der Waals surface area contributed by atoms with E-state index in [1.54, 1.807) is 0 Å². The van der Waals surface area contributed by atoms with Crippen molar-refractivity contribution in [2.45, 2.75) is 33.1 Å². The molecule has 0 radical (unpaired) electrons. The van der Waals surface area contributed by atoms with Gasteiger partial charge in [0.15, 0.2) is 0 Å². The van der Waals surface area contributed by atoms with Crippen LogP contribution in [0, 0.1) is 5.92 Å². The molecule has 0 spiro atoms.